The fourth-order valence-corrected chi connectivity index (χ4v) is 1.63. The van der Waals surface area contributed by atoms with Crippen molar-refractivity contribution < 1.29 is 18.7 Å². The summed E-state index contributed by atoms with van der Waals surface area (Å²) in [5.74, 6) is -1.17. The molecule has 90 valence electrons. The molecule has 0 atom stereocenters. The van der Waals surface area contributed by atoms with Gasteiger partial charge in [-0.05, 0) is 23.6 Å². The van der Waals surface area contributed by atoms with Crippen molar-refractivity contribution in [3.63, 3.8) is 0 Å². The van der Waals surface area contributed by atoms with Gasteiger partial charge >= 0.3 is 5.97 Å². The Morgan fingerprint density at radius 3 is 2.53 bits per heavy atom. The van der Waals surface area contributed by atoms with Crippen LogP contribution < -0.4 is 0 Å². The Morgan fingerprint density at radius 2 is 2.12 bits per heavy atom. The number of carboxylic acid groups (broad SMARTS) is 1. The van der Waals surface area contributed by atoms with Crippen molar-refractivity contribution in [2.24, 2.45) is 0 Å². The lowest BCUT2D eigenvalue weighted by Crippen LogP contribution is -2.06. The van der Waals surface area contributed by atoms with E-state index in [2.05, 4.69) is 0 Å². The average molecular weight is 239 g/mol. The molecule has 0 saturated heterocycles. The highest BCUT2D eigenvalue weighted by molar-refractivity contribution is 5.71. The lowest BCUT2D eigenvalue weighted by Gasteiger charge is -2.10. The zero-order valence-corrected chi connectivity index (χ0v) is 9.20. The van der Waals surface area contributed by atoms with Gasteiger partial charge in [0.2, 0.25) is 0 Å². The van der Waals surface area contributed by atoms with Crippen LogP contribution in [0.3, 0.4) is 0 Å². The van der Waals surface area contributed by atoms with E-state index in [4.69, 9.17) is 10.4 Å². The Balaban J connectivity index is 3.36. The molecule has 1 aromatic carbocycles. The number of rotatable bonds is 4. The van der Waals surface area contributed by atoms with E-state index in [0.29, 0.717) is 12.0 Å². The van der Waals surface area contributed by atoms with E-state index >= 15 is 0 Å². The average Bonchev–Trinajstić information content (AvgIpc) is 2.27. The van der Waals surface area contributed by atoms with Crippen LogP contribution in [0.4, 0.5) is 8.78 Å². The molecule has 0 bridgehead atoms. The standard InChI is InChI=1S/C12H11F2NO2/c1-2-7-3-8(5-11(16)17)10(12(13)14)4-9(7)6-15/h3-4,12H,2,5H2,1H3,(H,16,17). The summed E-state index contributed by atoms with van der Waals surface area (Å²) in [6, 6.07) is 4.31. The molecule has 17 heavy (non-hydrogen) atoms. The molecule has 0 spiro atoms. The highest BCUT2D eigenvalue weighted by Crippen LogP contribution is 2.27. The van der Waals surface area contributed by atoms with E-state index in [1.165, 1.54) is 6.07 Å². The summed E-state index contributed by atoms with van der Waals surface area (Å²) in [5, 5.41) is 17.5. The number of aryl methyl sites for hydroxylation is 1. The molecule has 0 aromatic heterocycles. The molecule has 0 fully saturated rings. The Labute approximate surface area is 97.3 Å². The van der Waals surface area contributed by atoms with Crippen molar-refractivity contribution in [1.29, 1.82) is 5.26 Å². The third kappa shape index (κ3) is 3.00. The fourth-order valence-electron chi connectivity index (χ4n) is 1.63. The molecule has 0 aliphatic carbocycles. The number of hydrogen-bond acceptors (Lipinski definition) is 2. The summed E-state index contributed by atoms with van der Waals surface area (Å²) in [7, 11) is 0. The van der Waals surface area contributed by atoms with Crippen LogP contribution in [-0.2, 0) is 17.6 Å². The normalized spacial score (nSPS) is 10.3. The third-order valence-corrected chi connectivity index (χ3v) is 2.44. The van der Waals surface area contributed by atoms with Gasteiger partial charge < -0.3 is 5.11 Å². The first-order valence-electron chi connectivity index (χ1n) is 5.05. The minimum absolute atomic E-state index is 0.0725. The Hall–Kier alpha value is -1.96. The largest absolute Gasteiger partial charge is 0.481 e. The molecular formula is C12H11F2NO2. The minimum atomic E-state index is -2.78. The molecule has 0 heterocycles. The van der Waals surface area contributed by atoms with Gasteiger partial charge in [0, 0.05) is 5.56 Å². The van der Waals surface area contributed by atoms with Crippen molar-refractivity contribution in [2.75, 3.05) is 0 Å². The number of benzene rings is 1. The van der Waals surface area contributed by atoms with Gasteiger partial charge in [0.05, 0.1) is 18.1 Å². The van der Waals surface area contributed by atoms with Crippen molar-refractivity contribution in [1.82, 2.24) is 0 Å². The highest BCUT2D eigenvalue weighted by atomic mass is 19.3. The van der Waals surface area contributed by atoms with E-state index < -0.39 is 18.8 Å². The SMILES string of the molecule is CCc1cc(CC(=O)O)c(C(F)F)cc1C#N. The quantitative estimate of drug-likeness (QED) is 0.878. The molecule has 5 heteroatoms. The first-order valence-corrected chi connectivity index (χ1v) is 5.05. The van der Waals surface area contributed by atoms with Crippen LogP contribution in [-0.4, -0.2) is 11.1 Å². The summed E-state index contributed by atoms with van der Waals surface area (Å²) in [4.78, 5) is 10.6. The molecule has 1 rings (SSSR count). The third-order valence-electron chi connectivity index (χ3n) is 2.44. The molecular weight excluding hydrogens is 228 g/mol. The van der Waals surface area contributed by atoms with E-state index in [9.17, 15) is 13.6 Å². The molecule has 0 amide bonds. The number of hydrogen-bond donors (Lipinski definition) is 1. The van der Waals surface area contributed by atoms with Crippen LogP contribution in [0.25, 0.3) is 0 Å². The van der Waals surface area contributed by atoms with Gasteiger partial charge in [-0.3, -0.25) is 4.79 Å². The molecule has 1 aromatic rings. The number of carbonyl (C=O) groups is 1. The van der Waals surface area contributed by atoms with Crippen LogP contribution in [0, 0.1) is 11.3 Å². The number of aliphatic carboxylic acids is 1. The second-order valence-electron chi connectivity index (χ2n) is 3.54. The van der Waals surface area contributed by atoms with Gasteiger partial charge in [-0.1, -0.05) is 13.0 Å². The van der Waals surface area contributed by atoms with Crippen LogP contribution >= 0.6 is 0 Å². The summed E-state index contributed by atoms with van der Waals surface area (Å²) in [6.07, 6.45) is -2.74. The van der Waals surface area contributed by atoms with Crippen LogP contribution in [0.2, 0.25) is 0 Å². The Kier molecular flexibility index (Phi) is 4.16. The first-order chi connectivity index (χ1) is 7.99. The first kappa shape index (κ1) is 13.1. The van der Waals surface area contributed by atoms with Crippen molar-refractivity contribution >= 4 is 5.97 Å². The molecule has 0 radical (unpaired) electrons. The van der Waals surface area contributed by atoms with Gasteiger partial charge in [-0.25, -0.2) is 8.78 Å². The second kappa shape index (κ2) is 5.39. The maximum Gasteiger partial charge on any atom is 0.307 e. The van der Waals surface area contributed by atoms with Gasteiger partial charge in [-0.2, -0.15) is 5.26 Å². The zero-order chi connectivity index (χ0) is 13.0. The summed E-state index contributed by atoms with van der Waals surface area (Å²) < 4.78 is 25.5. The van der Waals surface area contributed by atoms with Crippen molar-refractivity contribution in [3.8, 4) is 6.07 Å². The molecule has 0 aliphatic heterocycles. The summed E-state index contributed by atoms with van der Waals surface area (Å²) in [6.45, 7) is 1.78. The van der Waals surface area contributed by atoms with Gasteiger partial charge in [0.15, 0.2) is 0 Å². The second-order valence-corrected chi connectivity index (χ2v) is 3.54. The predicted octanol–water partition coefficient (Wildman–Crippen LogP) is 2.69. The number of carboxylic acids is 1. The van der Waals surface area contributed by atoms with Gasteiger partial charge in [0.1, 0.15) is 0 Å². The molecule has 0 saturated carbocycles. The van der Waals surface area contributed by atoms with Gasteiger partial charge in [-0.15, -0.1) is 0 Å². The van der Waals surface area contributed by atoms with E-state index in [0.717, 1.165) is 6.07 Å². The number of halogens is 2. The van der Waals surface area contributed by atoms with Crippen molar-refractivity contribution in [2.45, 2.75) is 26.2 Å². The fraction of sp³-hybridized carbons (Fsp3) is 0.333. The number of alkyl halides is 2. The molecule has 0 aliphatic rings. The minimum Gasteiger partial charge on any atom is -0.481 e. The monoisotopic (exact) mass is 239 g/mol. The van der Waals surface area contributed by atoms with Crippen molar-refractivity contribution in [3.05, 3.63) is 34.4 Å². The summed E-state index contributed by atoms with van der Waals surface area (Å²) >= 11 is 0. The Morgan fingerprint density at radius 1 is 1.47 bits per heavy atom. The molecule has 1 N–H and O–H groups in total. The maximum absolute atomic E-state index is 12.7. The van der Waals surface area contributed by atoms with E-state index in [1.54, 1.807) is 6.92 Å². The lowest BCUT2D eigenvalue weighted by atomic mass is 9.96. The molecule has 0 unspecified atom stereocenters. The zero-order valence-electron chi connectivity index (χ0n) is 9.20. The lowest BCUT2D eigenvalue weighted by molar-refractivity contribution is -0.136. The predicted molar refractivity (Wildman–Crippen MR) is 56.8 cm³/mol. The number of nitrogens with zero attached hydrogens (tertiary/aromatic N) is 1. The smallest absolute Gasteiger partial charge is 0.307 e. The summed E-state index contributed by atoms with van der Waals surface area (Å²) in [5.41, 5.74) is 0.467. The van der Waals surface area contributed by atoms with E-state index in [-0.39, 0.29) is 16.7 Å². The van der Waals surface area contributed by atoms with Gasteiger partial charge in [0.25, 0.3) is 6.43 Å². The van der Waals surface area contributed by atoms with Crippen LogP contribution in [0.15, 0.2) is 12.1 Å². The number of nitriles is 1. The van der Waals surface area contributed by atoms with Crippen LogP contribution in [0.1, 0.15) is 35.6 Å². The van der Waals surface area contributed by atoms with E-state index in [1.807, 2.05) is 6.07 Å². The topological polar surface area (TPSA) is 61.1 Å². The highest BCUT2D eigenvalue weighted by Gasteiger charge is 2.17. The van der Waals surface area contributed by atoms with Crippen LogP contribution in [0.5, 0.6) is 0 Å². The maximum atomic E-state index is 12.7. The molecule has 3 nitrogen and oxygen atoms in total. The Bertz CT molecular complexity index is 478.